The van der Waals surface area contributed by atoms with E-state index >= 15 is 0 Å². The highest BCUT2D eigenvalue weighted by Gasteiger charge is 2.11. The van der Waals surface area contributed by atoms with Gasteiger partial charge in [-0.25, -0.2) is 0 Å². The van der Waals surface area contributed by atoms with Crippen LogP contribution in [-0.2, 0) is 11.3 Å². The highest BCUT2D eigenvalue weighted by atomic mass is 16.5. The molecule has 5 nitrogen and oxygen atoms in total. The van der Waals surface area contributed by atoms with E-state index in [9.17, 15) is 4.79 Å². The molecule has 0 aliphatic carbocycles. The van der Waals surface area contributed by atoms with Crippen molar-refractivity contribution in [2.24, 2.45) is 0 Å². The van der Waals surface area contributed by atoms with Gasteiger partial charge in [0.15, 0.2) is 0 Å². The van der Waals surface area contributed by atoms with Crippen molar-refractivity contribution in [2.75, 3.05) is 26.7 Å². The minimum atomic E-state index is 0.193. The van der Waals surface area contributed by atoms with E-state index in [1.807, 2.05) is 38.8 Å². The first kappa shape index (κ1) is 17.4. The van der Waals surface area contributed by atoms with Gasteiger partial charge in [-0.15, -0.1) is 0 Å². The molecule has 1 amide bonds. The number of aryl methyl sites for hydroxylation is 1. The normalized spacial score (nSPS) is 10.5. The van der Waals surface area contributed by atoms with Crippen molar-refractivity contribution >= 4 is 5.91 Å². The van der Waals surface area contributed by atoms with Crippen molar-refractivity contribution in [2.45, 2.75) is 40.7 Å². The van der Waals surface area contributed by atoms with Gasteiger partial charge < -0.3 is 15.0 Å². The van der Waals surface area contributed by atoms with Crippen LogP contribution in [0, 0.1) is 13.8 Å². The van der Waals surface area contributed by atoms with Gasteiger partial charge in [-0.2, -0.15) is 0 Å². The number of nitrogens with one attached hydrogen (secondary N) is 1. The van der Waals surface area contributed by atoms with Crippen LogP contribution in [-0.4, -0.2) is 42.5 Å². The van der Waals surface area contributed by atoms with E-state index in [0.717, 1.165) is 35.7 Å². The Bertz CT molecular complexity index is 471. The number of methoxy groups -OCH3 is 1. The van der Waals surface area contributed by atoms with Gasteiger partial charge in [0.05, 0.1) is 12.8 Å². The largest absolute Gasteiger partial charge is 0.496 e. The van der Waals surface area contributed by atoms with E-state index in [1.54, 1.807) is 7.11 Å². The van der Waals surface area contributed by atoms with E-state index in [2.05, 4.69) is 10.3 Å². The van der Waals surface area contributed by atoms with Crippen LogP contribution in [0.25, 0.3) is 0 Å². The summed E-state index contributed by atoms with van der Waals surface area (Å²) in [5.74, 6) is 1.08. The van der Waals surface area contributed by atoms with Crippen molar-refractivity contribution in [3.63, 3.8) is 0 Å². The van der Waals surface area contributed by atoms with E-state index < -0.39 is 0 Å². The number of ether oxygens (including phenoxy) is 1. The number of pyridine rings is 1. The molecule has 0 aromatic carbocycles. The molecule has 0 radical (unpaired) electrons. The van der Waals surface area contributed by atoms with E-state index in [0.29, 0.717) is 19.5 Å². The Balaban J connectivity index is 2.48. The maximum atomic E-state index is 11.9. The summed E-state index contributed by atoms with van der Waals surface area (Å²) in [7, 11) is 1.68. The van der Waals surface area contributed by atoms with Gasteiger partial charge in [-0.05, 0) is 27.7 Å². The monoisotopic (exact) mass is 293 g/mol. The SMILES string of the molecule is CCN(CC)C(=O)CCNCc1ncc(C)c(OC)c1C. The molecule has 0 saturated carbocycles. The molecule has 0 atom stereocenters. The third kappa shape index (κ3) is 4.70. The smallest absolute Gasteiger partial charge is 0.223 e. The van der Waals surface area contributed by atoms with Gasteiger partial charge in [0.1, 0.15) is 5.75 Å². The van der Waals surface area contributed by atoms with Crippen molar-refractivity contribution in [3.8, 4) is 5.75 Å². The molecule has 1 N–H and O–H groups in total. The summed E-state index contributed by atoms with van der Waals surface area (Å²) < 4.78 is 5.39. The Morgan fingerprint density at radius 3 is 2.57 bits per heavy atom. The maximum absolute atomic E-state index is 11.9. The first-order valence-electron chi connectivity index (χ1n) is 7.52. The van der Waals surface area contributed by atoms with Gasteiger partial charge in [0.2, 0.25) is 5.91 Å². The maximum Gasteiger partial charge on any atom is 0.223 e. The Morgan fingerprint density at radius 1 is 1.33 bits per heavy atom. The molecule has 5 heteroatoms. The van der Waals surface area contributed by atoms with Gasteiger partial charge in [0.25, 0.3) is 0 Å². The molecule has 1 rings (SSSR count). The Morgan fingerprint density at radius 2 is 2.00 bits per heavy atom. The molecular weight excluding hydrogens is 266 g/mol. The summed E-state index contributed by atoms with van der Waals surface area (Å²) in [5, 5.41) is 3.28. The Kier molecular flexibility index (Phi) is 7.15. The molecule has 21 heavy (non-hydrogen) atoms. The lowest BCUT2D eigenvalue weighted by atomic mass is 10.1. The zero-order valence-corrected chi connectivity index (χ0v) is 13.8. The number of aromatic nitrogens is 1. The summed E-state index contributed by atoms with van der Waals surface area (Å²) in [6, 6.07) is 0. The Hall–Kier alpha value is -1.62. The molecule has 0 fully saturated rings. The third-order valence-electron chi connectivity index (χ3n) is 3.67. The molecule has 1 aromatic heterocycles. The lowest BCUT2D eigenvalue weighted by Crippen LogP contribution is -2.32. The molecule has 0 bridgehead atoms. The molecule has 0 aliphatic rings. The van der Waals surface area contributed by atoms with E-state index in [4.69, 9.17) is 4.74 Å². The van der Waals surface area contributed by atoms with E-state index in [-0.39, 0.29) is 5.91 Å². The highest BCUT2D eigenvalue weighted by molar-refractivity contribution is 5.76. The predicted molar refractivity (Wildman–Crippen MR) is 84.5 cm³/mol. The molecule has 1 aromatic rings. The summed E-state index contributed by atoms with van der Waals surface area (Å²) in [5.41, 5.74) is 3.06. The fourth-order valence-electron chi connectivity index (χ4n) is 2.39. The number of carbonyl (C=O) groups excluding carboxylic acids is 1. The second-order valence-electron chi connectivity index (χ2n) is 5.04. The van der Waals surface area contributed by atoms with Crippen LogP contribution >= 0.6 is 0 Å². The highest BCUT2D eigenvalue weighted by Crippen LogP contribution is 2.23. The van der Waals surface area contributed by atoms with Crippen LogP contribution in [0.2, 0.25) is 0 Å². The molecule has 1 heterocycles. The van der Waals surface area contributed by atoms with Crippen LogP contribution < -0.4 is 10.1 Å². The fourth-order valence-corrected chi connectivity index (χ4v) is 2.39. The average molecular weight is 293 g/mol. The molecular formula is C16H27N3O2. The number of hydrogen-bond acceptors (Lipinski definition) is 4. The third-order valence-corrected chi connectivity index (χ3v) is 3.67. The van der Waals surface area contributed by atoms with Gasteiger partial charge >= 0.3 is 0 Å². The minimum Gasteiger partial charge on any atom is -0.496 e. The fraction of sp³-hybridized carbons (Fsp3) is 0.625. The van der Waals surface area contributed by atoms with Crippen LogP contribution in [0.3, 0.4) is 0 Å². The Labute approximate surface area is 127 Å². The van der Waals surface area contributed by atoms with Gasteiger partial charge in [-0.3, -0.25) is 9.78 Å². The van der Waals surface area contributed by atoms with Crippen LogP contribution in [0.5, 0.6) is 5.75 Å². The molecule has 118 valence electrons. The first-order chi connectivity index (χ1) is 10.0. The summed E-state index contributed by atoms with van der Waals surface area (Å²) in [6.45, 7) is 10.8. The van der Waals surface area contributed by atoms with Crippen molar-refractivity contribution in [1.29, 1.82) is 0 Å². The topological polar surface area (TPSA) is 54.5 Å². The number of nitrogens with zero attached hydrogens (tertiary/aromatic N) is 2. The quantitative estimate of drug-likeness (QED) is 0.745. The lowest BCUT2D eigenvalue weighted by Gasteiger charge is -2.18. The molecule has 0 aliphatic heterocycles. The van der Waals surface area contributed by atoms with Crippen LogP contribution in [0.1, 0.15) is 37.1 Å². The lowest BCUT2D eigenvalue weighted by molar-refractivity contribution is -0.130. The number of carbonyl (C=O) groups is 1. The van der Waals surface area contributed by atoms with Crippen LogP contribution in [0.15, 0.2) is 6.20 Å². The second-order valence-corrected chi connectivity index (χ2v) is 5.04. The van der Waals surface area contributed by atoms with Gasteiger partial charge in [0, 0.05) is 49.9 Å². The number of rotatable bonds is 8. The summed E-state index contributed by atoms with van der Waals surface area (Å²) in [4.78, 5) is 18.2. The minimum absolute atomic E-state index is 0.193. The number of hydrogen-bond donors (Lipinski definition) is 1. The predicted octanol–water partition coefficient (Wildman–Crippen LogP) is 2.06. The molecule has 0 spiro atoms. The zero-order chi connectivity index (χ0) is 15.8. The number of amides is 1. The average Bonchev–Trinajstić information content (AvgIpc) is 2.47. The second kappa shape index (κ2) is 8.62. The van der Waals surface area contributed by atoms with Crippen molar-refractivity contribution < 1.29 is 9.53 Å². The standard InChI is InChI=1S/C16H27N3O2/c1-6-19(7-2)15(20)8-9-17-11-14-13(4)16(21-5)12(3)10-18-14/h10,17H,6-9,11H2,1-5H3. The first-order valence-corrected chi connectivity index (χ1v) is 7.52. The van der Waals surface area contributed by atoms with E-state index in [1.165, 1.54) is 0 Å². The molecule has 0 unspecified atom stereocenters. The van der Waals surface area contributed by atoms with Crippen molar-refractivity contribution in [3.05, 3.63) is 23.0 Å². The van der Waals surface area contributed by atoms with Gasteiger partial charge in [-0.1, -0.05) is 0 Å². The van der Waals surface area contributed by atoms with Crippen LogP contribution in [0.4, 0.5) is 0 Å². The summed E-state index contributed by atoms with van der Waals surface area (Å²) >= 11 is 0. The van der Waals surface area contributed by atoms with Crippen molar-refractivity contribution in [1.82, 2.24) is 15.2 Å². The zero-order valence-electron chi connectivity index (χ0n) is 13.8. The molecule has 0 saturated heterocycles. The summed E-state index contributed by atoms with van der Waals surface area (Å²) in [6.07, 6.45) is 2.34.